The molecule has 5 heteroatoms. The van der Waals surface area contributed by atoms with E-state index in [2.05, 4.69) is 0 Å². The highest BCUT2D eigenvalue weighted by molar-refractivity contribution is 7.91. The minimum absolute atomic E-state index is 0.0149. The number of benzene rings is 1. The molecule has 0 N–H and O–H groups in total. The summed E-state index contributed by atoms with van der Waals surface area (Å²) in [5.74, 6) is 0.0689. The van der Waals surface area contributed by atoms with Gasteiger partial charge in [-0.05, 0) is 32.3 Å². The van der Waals surface area contributed by atoms with Crippen LogP contribution in [-0.4, -0.2) is 37.6 Å². The number of hydrogen-bond acceptors (Lipinski definition) is 3. The molecule has 2 rings (SSSR count). The molecule has 120 valence electrons. The molecule has 4 nitrogen and oxygen atoms in total. The number of amides is 1. The molecule has 22 heavy (non-hydrogen) atoms. The molecule has 0 unspecified atom stereocenters. The highest BCUT2D eigenvalue weighted by Crippen LogP contribution is 2.21. The van der Waals surface area contributed by atoms with E-state index in [0.29, 0.717) is 25.9 Å². The topological polar surface area (TPSA) is 54.5 Å². The highest BCUT2D eigenvalue weighted by Gasteiger charge is 2.31. The average molecular weight is 321 g/mol. The van der Waals surface area contributed by atoms with Crippen LogP contribution < -0.4 is 0 Å². The number of carbonyl (C=O) groups is 1. The summed E-state index contributed by atoms with van der Waals surface area (Å²) < 4.78 is 25.0. The summed E-state index contributed by atoms with van der Waals surface area (Å²) in [6, 6.07) is 9.26. The van der Waals surface area contributed by atoms with Crippen LogP contribution >= 0.6 is 0 Å². The van der Waals surface area contributed by atoms with Crippen LogP contribution in [-0.2, 0) is 20.4 Å². The molecule has 1 aliphatic heterocycles. The maximum atomic E-state index is 12.5. The number of likely N-dealkylation sites (tertiary alicyclic amines) is 1. The number of rotatable bonds is 4. The molecule has 1 heterocycles. The van der Waals surface area contributed by atoms with Gasteiger partial charge in [-0.2, -0.15) is 0 Å². The molecule has 0 aliphatic carbocycles. The SMILES string of the molecule is CC(C)=CC(=O)N1CCC(S(=O)(=O)Cc2ccccc2)CC1. The first kappa shape index (κ1) is 16.7. The van der Waals surface area contributed by atoms with E-state index in [1.165, 1.54) is 0 Å². The zero-order valence-electron chi connectivity index (χ0n) is 13.2. The minimum Gasteiger partial charge on any atom is -0.339 e. The van der Waals surface area contributed by atoms with Crippen molar-refractivity contribution in [2.75, 3.05) is 13.1 Å². The number of allylic oxidation sites excluding steroid dienone is 1. The predicted octanol–water partition coefficient (Wildman–Crippen LogP) is 2.56. The van der Waals surface area contributed by atoms with Gasteiger partial charge in [-0.1, -0.05) is 35.9 Å². The Morgan fingerprint density at radius 2 is 1.77 bits per heavy atom. The molecule has 1 fully saturated rings. The van der Waals surface area contributed by atoms with Crippen LogP contribution in [0.2, 0.25) is 0 Å². The Kier molecular flexibility index (Phi) is 5.40. The van der Waals surface area contributed by atoms with Crippen molar-refractivity contribution in [3.8, 4) is 0 Å². The van der Waals surface area contributed by atoms with Crippen molar-refractivity contribution in [1.82, 2.24) is 4.90 Å². The van der Waals surface area contributed by atoms with E-state index in [0.717, 1.165) is 11.1 Å². The van der Waals surface area contributed by atoms with Crippen LogP contribution in [0.5, 0.6) is 0 Å². The average Bonchev–Trinajstić information content (AvgIpc) is 2.47. The number of carbonyl (C=O) groups excluding carboxylic acids is 1. The molecule has 1 aliphatic rings. The van der Waals surface area contributed by atoms with Gasteiger partial charge in [0.1, 0.15) is 0 Å². The fourth-order valence-electron chi connectivity index (χ4n) is 2.70. The first-order valence-electron chi connectivity index (χ1n) is 7.58. The van der Waals surface area contributed by atoms with Gasteiger partial charge in [0.25, 0.3) is 0 Å². The second-order valence-corrected chi connectivity index (χ2v) is 8.32. The van der Waals surface area contributed by atoms with E-state index in [9.17, 15) is 13.2 Å². The van der Waals surface area contributed by atoms with Crippen molar-refractivity contribution in [3.63, 3.8) is 0 Å². The number of piperidine rings is 1. The van der Waals surface area contributed by atoms with E-state index in [1.807, 2.05) is 44.2 Å². The molecule has 1 saturated heterocycles. The van der Waals surface area contributed by atoms with Gasteiger partial charge in [-0.15, -0.1) is 0 Å². The largest absolute Gasteiger partial charge is 0.339 e. The predicted molar refractivity (Wildman–Crippen MR) is 88.1 cm³/mol. The lowest BCUT2D eigenvalue weighted by Gasteiger charge is -2.31. The summed E-state index contributed by atoms with van der Waals surface area (Å²) >= 11 is 0. The van der Waals surface area contributed by atoms with E-state index in [-0.39, 0.29) is 16.9 Å². The zero-order valence-corrected chi connectivity index (χ0v) is 14.0. The molecule has 0 aromatic heterocycles. The van der Waals surface area contributed by atoms with Crippen molar-refractivity contribution in [3.05, 3.63) is 47.5 Å². The first-order valence-corrected chi connectivity index (χ1v) is 9.29. The molecule has 1 amide bonds. The van der Waals surface area contributed by atoms with E-state index >= 15 is 0 Å². The van der Waals surface area contributed by atoms with Gasteiger partial charge in [-0.3, -0.25) is 4.79 Å². The van der Waals surface area contributed by atoms with Crippen molar-refractivity contribution in [1.29, 1.82) is 0 Å². The minimum atomic E-state index is -3.16. The van der Waals surface area contributed by atoms with Gasteiger partial charge >= 0.3 is 0 Å². The smallest absolute Gasteiger partial charge is 0.246 e. The van der Waals surface area contributed by atoms with Gasteiger partial charge in [0.05, 0.1) is 11.0 Å². The quantitative estimate of drug-likeness (QED) is 0.801. The Hall–Kier alpha value is -1.62. The third kappa shape index (κ3) is 4.44. The van der Waals surface area contributed by atoms with Crippen LogP contribution in [0.1, 0.15) is 32.3 Å². The van der Waals surface area contributed by atoms with Gasteiger partial charge in [0.2, 0.25) is 5.91 Å². The molecule has 1 aromatic carbocycles. The molecule has 1 aromatic rings. The van der Waals surface area contributed by atoms with Crippen LogP contribution in [0.25, 0.3) is 0 Å². The van der Waals surface area contributed by atoms with Gasteiger partial charge in [0, 0.05) is 19.2 Å². The monoisotopic (exact) mass is 321 g/mol. The first-order chi connectivity index (χ1) is 10.4. The Morgan fingerprint density at radius 3 is 2.32 bits per heavy atom. The Bertz CT molecular complexity index is 638. The lowest BCUT2D eigenvalue weighted by Crippen LogP contribution is -2.42. The molecule has 0 bridgehead atoms. The lowest BCUT2D eigenvalue weighted by molar-refractivity contribution is -0.126. The van der Waals surface area contributed by atoms with Gasteiger partial charge < -0.3 is 4.90 Å². The highest BCUT2D eigenvalue weighted by atomic mass is 32.2. The fraction of sp³-hybridized carbons (Fsp3) is 0.471. The Morgan fingerprint density at radius 1 is 1.18 bits per heavy atom. The van der Waals surface area contributed by atoms with Crippen molar-refractivity contribution < 1.29 is 13.2 Å². The van der Waals surface area contributed by atoms with E-state index in [1.54, 1.807) is 11.0 Å². The van der Waals surface area contributed by atoms with Crippen LogP contribution in [0.3, 0.4) is 0 Å². The van der Waals surface area contributed by atoms with Crippen LogP contribution in [0, 0.1) is 0 Å². The molecule has 0 saturated carbocycles. The second-order valence-electron chi connectivity index (χ2n) is 6.04. The summed E-state index contributed by atoms with van der Waals surface area (Å²) in [7, 11) is -3.16. The van der Waals surface area contributed by atoms with E-state index < -0.39 is 9.84 Å². The maximum Gasteiger partial charge on any atom is 0.246 e. The fourth-order valence-corrected chi connectivity index (χ4v) is 4.52. The normalized spacial score (nSPS) is 16.4. The molecular formula is C17H23NO3S. The van der Waals surface area contributed by atoms with Crippen molar-refractivity contribution in [2.24, 2.45) is 0 Å². The summed E-state index contributed by atoms with van der Waals surface area (Å²) in [6.07, 6.45) is 2.66. The number of hydrogen-bond donors (Lipinski definition) is 0. The van der Waals surface area contributed by atoms with Gasteiger partial charge in [0.15, 0.2) is 9.84 Å². The molecule has 0 atom stereocenters. The molecular weight excluding hydrogens is 298 g/mol. The van der Waals surface area contributed by atoms with Crippen molar-refractivity contribution >= 4 is 15.7 Å². The summed E-state index contributed by atoms with van der Waals surface area (Å²) in [5.41, 5.74) is 1.79. The second kappa shape index (κ2) is 7.09. The lowest BCUT2D eigenvalue weighted by atomic mass is 10.1. The third-order valence-corrected chi connectivity index (χ3v) is 6.11. The Balaban J connectivity index is 1.96. The number of sulfone groups is 1. The zero-order chi connectivity index (χ0) is 16.2. The van der Waals surface area contributed by atoms with Crippen LogP contribution in [0.4, 0.5) is 0 Å². The summed E-state index contributed by atoms with van der Waals surface area (Å²) in [4.78, 5) is 13.7. The summed E-state index contributed by atoms with van der Waals surface area (Å²) in [5, 5.41) is -0.344. The number of nitrogens with zero attached hydrogens (tertiary/aromatic N) is 1. The summed E-state index contributed by atoms with van der Waals surface area (Å²) in [6.45, 7) is 4.80. The molecule has 0 radical (unpaired) electrons. The Labute approximate surface area is 132 Å². The van der Waals surface area contributed by atoms with Crippen LogP contribution in [0.15, 0.2) is 42.0 Å². The standard InChI is InChI=1S/C17H23NO3S/c1-14(2)12-17(19)18-10-8-16(9-11-18)22(20,21)13-15-6-4-3-5-7-15/h3-7,12,16H,8-11,13H2,1-2H3. The maximum absolute atomic E-state index is 12.5. The van der Waals surface area contributed by atoms with Crippen molar-refractivity contribution in [2.45, 2.75) is 37.7 Å². The van der Waals surface area contributed by atoms with E-state index in [4.69, 9.17) is 0 Å². The molecule has 0 spiro atoms. The third-order valence-electron chi connectivity index (χ3n) is 3.88. The van der Waals surface area contributed by atoms with Gasteiger partial charge in [-0.25, -0.2) is 8.42 Å².